The molecule has 436 valence electrons. The van der Waals surface area contributed by atoms with Crippen molar-refractivity contribution in [2.45, 2.75) is 353 Å². The van der Waals surface area contributed by atoms with Crippen LogP contribution in [0.2, 0.25) is 0 Å². The molecular weight excluding hydrogens is 924 g/mol. The van der Waals surface area contributed by atoms with E-state index < -0.39 is 20.0 Å². The summed E-state index contributed by atoms with van der Waals surface area (Å²) in [6, 6.07) is -0.883. The first-order chi connectivity index (χ1) is 35.5. The molecule has 0 aromatic carbocycles. The van der Waals surface area contributed by atoms with Crippen LogP contribution in [0.3, 0.4) is 0 Å². The molecule has 73 heavy (non-hydrogen) atoms. The molecule has 0 aliphatic carbocycles. The normalized spacial score (nSPS) is 13.8. The fraction of sp³-hybridized carbons (Fsp3) is 0.953. The number of phosphoric ester groups is 1. The minimum Gasteiger partial charge on any atom is -0.756 e. The number of quaternary nitrogens is 1. The highest BCUT2D eigenvalue weighted by molar-refractivity contribution is 7.45. The monoisotopic (exact) mass is 1050 g/mol. The number of likely N-dealkylation sites (N-methyl/N-ethyl adjacent to an activating group) is 1. The SMILES string of the molecule is CCCCCCCCCCCCCCCCCCC/C=C/C(O)C(COP(=O)([O-])OCC[N+](C)(C)C)NC(=O)CCCCCCCCCCCCCCCCCCCCCCCCCCCCCCCCCC. The molecule has 8 nitrogen and oxygen atoms in total. The molecule has 0 fully saturated rings. The van der Waals surface area contributed by atoms with E-state index in [9.17, 15) is 19.4 Å². The summed E-state index contributed by atoms with van der Waals surface area (Å²) in [5.41, 5.74) is 0. The molecule has 0 aliphatic rings. The number of allylic oxidation sites excluding steroid dienone is 1. The number of hydrogen-bond donors (Lipinski definition) is 2. The summed E-state index contributed by atoms with van der Waals surface area (Å²) in [6.45, 7) is 4.71. The van der Waals surface area contributed by atoms with Crippen LogP contribution < -0.4 is 10.2 Å². The summed E-state index contributed by atoms with van der Waals surface area (Å²) in [6.07, 6.45) is 70.3. The van der Waals surface area contributed by atoms with Gasteiger partial charge in [0.2, 0.25) is 5.91 Å². The second-order valence-corrected chi connectivity index (χ2v) is 25.2. The van der Waals surface area contributed by atoms with E-state index in [0.29, 0.717) is 17.4 Å². The Hall–Kier alpha value is -0.760. The lowest BCUT2D eigenvalue weighted by atomic mass is 10.0. The number of rotatable bonds is 61. The summed E-state index contributed by atoms with van der Waals surface area (Å²) in [7, 11) is 1.28. The molecule has 0 rings (SSSR count). The minimum absolute atomic E-state index is 0.00281. The summed E-state index contributed by atoms with van der Waals surface area (Å²) >= 11 is 0. The maximum absolute atomic E-state index is 13.0. The Kier molecular flexibility index (Phi) is 55.4. The van der Waals surface area contributed by atoms with Crippen LogP contribution in [0.1, 0.15) is 341 Å². The quantitative estimate of drug-likeness (QED) is 0.0272. The molecule has 0 spiro atoms. The van der Waals surface area contributed by atoms with E-state index >= 15 is 0 Å². The third-order valence-electron chi connectivity index (χ3n) is 15.2. The van der Waals surface area contributed by atoms with Gasteiger partial charge in [0.1, 0.15) is 13.2 Å². The molecule has 0 radical (unpaired) electrons. The highest BCUT2D eigenvalue weighted by Gasteiger charge is 2.23. The minimum atomic E-state index is -4.59. The molecule has 3 atom stereocenters. The van der Waals surface area contributed by atoms with Crippen LogP contribution in [0, 0.1) is 0 Å². The summed E-state index contributed by atoms with van der Waals surface area (Å²) < 4.78 is 23.4. The Balaban J connectivity index is 4.01. The number of unbranched alkanes of at least 4 members (excludes halogenated alkanes) is 48. The molecule has 9 heteroatoms. The molecule has 0 aromatic heterocycles. The molecule has 0 aromatic rings. The van der Waals surface area contributed by atoms with Crippen molar-refractivity contribution in [1.82, 2.24) is 5.32 Å². The topological polar surface area (TPSA) is 108 Å². The first-order valence-electron chi connectivity index (χ1n) is 32.6. The molecular formula is C64H129N2O6P. The molecule has 0 heterocycles. The van der Waals surface area contributed by atoms with E-state index in [1.165, 1.54) is 283 Å². The van der Waals surface area contributed by atoms with Crippen molar-refractivity contribution in [1.29, 1.82) is 0 Å². The number of phosphoric acid groups is 1. The maximum atomic E-state index is 13.0. The van der Waals surface area contributed by atoms with Crippen LogP contribution in [-0.2, 0) is 18.4 Å². The van der Waals surface area contributed by atoms with Crippen LogP contribution >= 0.6 is 7.82 Å². The van der Waals surface area contributed by atoms with Crippen LogP contribution in [0.25, 0.3) is 0 Å². The van der Waals surface area contributed by atoms with Crippen LogP contribution in [0.5, 0.6) is 0 Å². The van der Waals surface area contributed by atoms with Gasteiger partial charge in [-0.05, 0) is 19.3 Å². The standard InChI is InChI=1S/C64H129N2O6P/c1-6-8-10-12-14-16-18-20-22-24-26-27-28-29-30-31-32-33-34-35-36-37-38-40-42-44-46-48-50-52-54-56-58-64(68)65-62(61-72-73(69,70)71-60-59-66(3,4)5)63(67)57-55-53-51-49-47-45-43-41-39-25-23-21-19-17-15-13-11-9-7-2/h55,57,62-63,67H,6-54,56,58-61H2,1-5H3,(H-,65,68,69,70)/b57-55+. The van der Waals surface area contributed by atoms with E-state index in [1.807, 2.05) is 27.2 Å². The summed E-state index contributed by atoms with van der Waals surface area (Å²) in [5, 5.41) is 13.9. The lowest BCUT2D eigenvalue weighted by molar-refractivity contribution is -0.870. The van der Waals surface area contributed by atoms with Crippen LogP contribution in [0.15, 0.2) is 12.2 Å². The average molecular weight is 1050 g/mol. The third-order valence-corrected chi connectivity index (χ3v) is 16.2. The van der Waals surface area contributed by atoms with Crippen LogP contribution in [0.4, 0.5) is 0 Å². The lowest BCUT2D eigenvalue weighted by Gasteiger charge is -2.29. The molecule has 0 saturated heterocycles. The highest BCUT2D eigenvalue weighted by atomic mass is 31.2. The van der Waals surface area contributed by atoms with Crippen molar-refractivity contribution in [2.24, 2.45) is 0 Å². The van der Waals surface area contributed by atoms with E-state index in [2.05, 4.69) is 19.2 Å². The Morgan fingerprint density at radius 2 is 0.740 bits per heavy atom. The predicted octanol–water partition coefficient (Wildman–Crippen LogP) is 19.5. The number of amides is 1. The van der Waals surface area contributed by atoms with E-state index in [1.54, 1.807) is 6.08 Å². The lowest BCUT2D eigenvalue weighted by Crippen LogP contribution is -2.45. The molecule has 2 N–H and O–H groups in total. The Bertz CT molecular complexity index is 1200. The average Bonchev–Trinajstić information content (AvgIpc) is 3.35. The smallest absolute Gasteiger partial charge is 0.268 e. The van der Waals surface area contributed by atoms with Gasteiger partial charge in [-0.1, -0.05) is 328 Å². The second-order valence-electron chi connectivity index (χ2n) is 23.8. The van der Waals surface area contributed by atoms with Crippen molar-refractivity contribution < 1.29 is 32.9 Å². The predicted molar refractivity (Wildman–Crippen MR) is 316 cm³/mol. The zero-order valence-electron chi connectivity index (χ0n) is 49.9. The molecule has 1 amide bonds. The van der Waals surface area contributed by atoms with Crippen molar-refractivity contribution in [3.63, 3.8) is 0 Å². The molecule has 0 bridgehead atoms. The van der Waals surface area contributed by atoms with Crippen molar-refractivity contribution >= 4 is 13.7 Å². The third kappa shape index (κ3) is 58.8. The van der Waals surface area contributed by atoms with E-state index in [4.69, 9.17) is 9.05 Å². The van der Waals surface area contributed by atoms with Crippen molar-refractivity contribution in [3.8, 4) is 0 Å². The Morgan fingerprint density at radius 1 is 0.466 bits per heavy atom. The molecule has 3 unspecified atom stereocenters. The Morgan fingerprint density at radius 3 is 1.03 bits per heavy atom. The van der Waals surface area contributed by atoms with Crippen molar-refractivity contribution in [2.75, 3.05) is 40.9 Å². The van der Waals surface area contributed by atoms with Gasteiger partial charge < -0.3 is 28.8 Å². The van der Waals surface area contributed by atoms with E-state index in [-0.39, 0.29) is 19.1 Å². The van der Waals surface area contributed by atoms with Gasteiger partial charge in [-0.15, -0.1) is 0 Å². The number of nitrogens with zero attached hydrogens (tertiary/aromatic N) is 1. The maximum Gasteiger partial charge on any atom is 0.268 e. The van der Waals surface area contributed by atoms with Gasteiger partial charge in [0.05, 0.1) is 39.9 Å². The Labute approximate surface area is 456 Å². The van der Waals surface area contributed by atoms with Gasteiger partial charge in [0.25, 0.3) is 7.82 Å². The van der Waals surface area contributed by atoms with Crippen LogP contribution in [-0.4, -0.2) is 68.5 Å². The molecule has 0 aliphatic heterocycles. The van der Waals surface area contributed by atoms with Gasteiger partial charge in [-0.2, -0.15) is 0 Å². The summed E-state index contributed by atoms with van der Waals surface area (Å²) in [5.74, 6) is -0.188. The number of carbonyl (C=O) groups excluding carboxylic acids is 1. The first-order valence-corrected chi connectivity index (χ1v) is 34.0. The largest absolute Gasteiger partial charge is 0.756 e. The first kappa shape index (κ1) is 72.2. The van der Waals surface area contributed by atoms with Gasteiger partial charge >= 0.3 is 0 Å². The van der Waals surface area contributed by atoms with Crippen molar-refractivity contribution in [3.05, 3.63) is 12.2 Å². The van der Waals surface area contributed by atoms with E-state index in [0.717, 1.165) is 38.5 Å². The highest BCUT2D eigenvalue weighted by Crippen LogP contribution is 2.38. The van der Waals surface area contributed by atoms with Gasteiger partial charge in [0.15, 0.2) is 0 Å². The summed E-state index contributed by atoms with van der Waals surface area (Å²) in [4.78, 5) is 25.6. The van der Waals surface area contributed by atoms with Gasteiger partial charge in [-0.25, -0.2) is 0 Å². The zero-order valence-corrected chi connectivity index (χ0v) is 50.8. The second kappa shape index (κ2) is 56.0. The molecule has 0 saturated carbocycles. The number of nitrogens with one attached hydrogen (secondary N) is 1. The van der Waals surface area contributed by atoms with Gasteiger partial charge in [0, 0.05) is 6.42 Å². The fourth-order valence-corrected chi connectivity index (χ4v) is 10.9. The number of carbonyl (C=O) groups is 1. The zero-order chi connectivity index (χ0) is 53.5. The number of hydrogen-bond acceptors (Lipinski definition) is 6. The fourth-order valence-electron chi connectivity index (χ4n) is 10.2. The number of aliphatic hydroxyl groups excluding tert-OH is 1. The number of aliphatic hydroxyl groups is 1. The van der Waals surface area contributed by atoms with Gasteiger partial charge in [-0.3, -0.25) is 9.36 Å².